The number of anilines is 2. The highest BCUT2D eigenvalue weighted by Gasteiger charge is 2.16. The number of amides is 1. The van der Waals surface area contributed by atoms with Crippen LogP contribution >= 0.6 is 0 Å². The zero-order valence-corrected chi connectivity index (χ0v) is 16.1. The van der Waals surface area contributed by atoms with Gasteiger partial charge in [-0.05, 0) is 55.3 Å². The van der Waals surface area contributed by atoms with E-state index in [4.69, 9.17) is 4.74 Å². The normalized spacial score (nSPS) is 16.7. The first kappa shape index (κ1) is 19.8. The highest BCUT2D eigenvalue weighted by atomic mass is 19.1. The number of hydrogen-bond donors (Lipinski definition) is 2. The largest absolute Gasteiger partial charge is 0.378 e. The second-order valence-corrected chi connectivity index (χ2v) is 6.86. The van der Waals surface area contributed by atoms with E-state index in [0.717, 1.165) is 25.1 Å². The predicted molar refractivity (Wildman–Crippen MR) is 110 cm³/mol. The number of ether oxygens (including phenoxy) is 1. The molecule has 7 heteroatoms. The molecule has 0 unspecified atom stereocenters. The van der Waals surface area contributed by atoms with E-state index in [1.165, 1.54) is 12.1 Å². The van der Waals surface area contributed by atoms with Crippen molar-refractivity contribution in [3.63, 3.8) is 0 Å². The van der Waals surface area contributed by atoms with Crippen LogP contribution in [0.5, 0.6) is 0 Å². The third-order valence-corrected chi connectivity index (χ3v) is 4.44. The van der Waals surface area contributed by atoms with Crippen molar-refractivity contribution in [1.29, 1.82) is 0 Å². The van der Waals surface area contributed by atoms with Crippen molar-refractivity contribution in [3.8, 4) is 0 Å². The van der Waals surface area contributed by atoms with Crippen LogP contribution in [0.25, 0.3) is 0 Å². The summed E-state index contributed by atoms with van der Waals surface area (Å²) >= 11 is 0. The van der Waals surface area contributed by atoms with Gasteiger partial charge in [0.25, 0.3) is 5.91 Å². The smallest absolute Gasteiger partial charge is 0.258 e. The SMILES string of the molecule is CN(C)c1cccc(C(=O)NC(=NC[C@H]2CCCO2)Nc2ccc(F)cc2)c1. The summed E-state index contributed by atoms with van der Waals surface area (Å²) in [5.74, 6) is -0.292. The van der Waals surface area contributed by atoms with Crippen molar-refractivity contribution < 1.29 is 13.9 Å². The first-order chi connectivity index (χ1) is 13.5. The standard InChI is InChI=1S/C21H25FN4O2/c1-26(2)18-6-3-5-15(13-18)20(27)25-21(23-14-19-7-4-12-28-19)24-17-10-8-16(22)9-11-17/h3,5-6,8-11,13,19H,4,7,12,14H2,1-2H3,(H2,23,24,25,27)/t19-/m1/s1. The minimum atomic E-state index is -0.326. The number of hydrogen-bond acceptors (Lipinski definition) is 4. The first-order valence-corrected chi connectivity index (χ1v) is 9.28. The second-order valence-electron chi connectivity index (χ2n) is 6.86. The van der Waals surface area contributed by atoms with Gasteiger partial charge in [-0.25, -0.2) is 9.38 Å². The highest BCUT2D eigenvalue weighted by molar-refractivity contribution is 6.10. The van der Waals surface area contributed by atoms with Crippen molar-refractivity contribution in [2.45, 2.75) is 18.9 Å². The van der Waals surface area contributed by atoms with Gasteiger partial charge >= 0.3 is 0 Å². The van der Waals surface area contributed by atoms with Gasteiger partial charge in [-0.2, -0.15) is 0 Å². The van der Waals surface area contributed by atoms with E-state index in [2.05, 4.69) is 15.6 Å². The van der Waals surface area contributed by atoms with E-state index in [1.54, 1.807) is 18.2 Å². The van der Waals surface area contributed by atoms with Crippen LogP contribution in [-0.2, 0) is 4.74 Å². The lowest BCUT2D eigenvalue weighted by Crippen LogP contribution is -2.36. The topological polar surface area (TPSA) is 66.0 Å². The van der Waals surface area contributed by atoms with Crippen LogP contribution in [0.4, 0.5) is 15.8 Å². The lowest BCUT2D eigenvalue weighted by molar-refractivity contribution is 0.0975. The summed E-state index contributed by atoms with van der Waals surface area (Å²) in [7, 11) is 3.84. The number of nitrogens with one attached hydrogen (secondary N) is 2. The lowest BCUT2D eigenvalue weighted by Gasteiger charge is -2.15. The summed E-state index contributed by atoms with van der Waals surface area (Å²) < 4.78 is 18.8. The fraction of sp³-hybridized carbons (Fsp3) is 0.333. The van der Waals surface area contributed by atoms with Crippen LogP contribution in [0.2, 0.25) is 0 Å². The summed E-state index contributed by atoms with van der Waals surface area (Å²) in [6, 6.07) is 13.2. The van der Waals surface area contributed by atoms with Gasteiger partial charge in [0.1, 0.15) is 5.82 Å². The fourth-order valence-electron chi connectivity index (χ4n) is 2.87. The van der Waals surface area contributed by atoms with E-state index in [9.17, 15) is 9.18 Å². The summed E-state index contributed by atoms with van der Waals surface area (Å²) in [6.45, 7) is 1.19. The third kappa shape index (κ3) is 5.53. The molecule has 148 valence electrons. The van der Waals surface area contributed by atoms with E-state index >= 15 is 0 Å². The van der Waals surface area contributed by atoms with Crippen LogP contribution < -0.4 is 15.5 Å². The third-order valence-electron chi connectivity index (χ3n) is 4.44. The summed E-state index contributed by atoms with van der Waals surface area (Å²) in [5.41, 5.74) is 2.09. The molecular formula is C21H25FN4O2. The maximum atomic E-state index is 13.2. The number of aliphatic imine (C=N–C) groups is 1. The maximum absolute atomic E-state index is 13.2. The Labute approximate surface area is 164 Å². The van der Waals surface area contributed by atoms with Crippen molar-refractivity contribution in [3.05, 3.63) is 59.9 Å². The number of benzene rings is 2. The Morgan fingerprint density at radius 1 is 1.25 bits per heavy atom. The van der Waals surface area contributed by atoms with E-state index < -0.39 is 0 Å². The van der Waals surface area contributed by atoms with E-state index in [0.29, 0.717) is 23.8 Å². The molecule has 1 atom stereocenters. The van der Waals surface area contributed by atoms with Gasteiger partial charge in [-0.1, -0.05) is 6.07 Å². The van der Waals surface area contributed by atoms with E-state index in [-0.39, 0.29) is 17.8 Å². The number of nitrogens with zero attached hydrogens (tertiary/aromatic N) is 2. The molecule has 2 aromatic carbocycles. The number of carbonyl (C=O) groups is 1. The molecule has 0 aliphatic carbocycles. The molecule has 2 N–H and O–H groups in total. The highest BCUT2D eigenvalue weighted by Crippen LogP contribution is 2.15. The Hall–Kier alpha value is -2.93. The zero-order chi connectivity index (χ0) is 19.9. The Balaban J connectivity index is 1.75. The summed E-state index contributed by atoms with van der Waals surface area (Å²) in [4.78, 5) is 19.2. The number of rotatable bonds is 5. The maximum Gasteiger partial charge on any atom is 0.258 e. The van der Waals surface area contributed by atoms with Gasteiger partial charge in [0.2, 0.25) is 5.96 Å². The van der Waals surface area contributed by atoms with Gasteiger partial charge < -0.3 is 15.0 Å². The van der Waals surface area contributed by atoms with Crippen LogP contribution in [0.15, 0.2) is 53.5 Å². The van der Waals surface area contributed by atoms with Crippen LogP contribution in [-0.4, -0.2) is 45.2 Å². The van der Waals surface area contributed by atoms with Crippen molar-refractivity contribution in [1.82, 2.24) is 5.32 Å². The Bertz CT molecular complexity index is 831. The second kappa shape index (κ2) is 9.32. The predicted octanol–water partition coefficient (Wildman–Crippen LogP) is 3.27. The van der Waals surface area contributed by atoms with Gasteiger partial charge in [-0.15, -0.1) is 0 Å². The number of guanidine groups is 1. The molecule has 1 heterocycles. The van der Waals surface area contributed by atoms with Gasteiger partial charge in [0.15, 0.2) is 0 Å². The first-order valence-electron chi connectivity index (χ1n) is 9.28. The summed E-state index contributed by atoms with van der Waals surface area (Å²) in [5, 5.41) is 5.87. The Kier molecular flexibility index (Phi) is 6.60. The van der Waals surface area contributed by atoms with Crippen molar-refractivity contribution >= 4 is 23.2 Å². The molecule has 0 saturated carbocycles. The molecule has 0 bridgehead atoms. The minimum absolute atomic E-state index is 0.0546. The molecule has 0 aromatic heterocycles. The van der Waals surface area contributed by atoms with Gasteiger partial charge in [-0.3, -0.25) is 10.1 Å². The monoisotopic (exact) mass is 384 g/mol. The molecule has 2 aromatic rings. The molecule has 1 saturated heterocycles. The molecule has 6 nitrogen and oxygen atoms in total. The number of halogens is 1. The van der Waals surface area contributed by atoms with Gasteiger partial charge in [0, 0.05) is 37.6 Å². The average Bonchev–Trinajstić information content (AvgIpc) is 3.21. The molecule has 3 rings (SSSR count). The van der Waals surface area contributed by atoms with Crippen LogP contribution in [0.3, 0.4) is 0 Å². The molecule has 1 aliphatic heterocycles. The minimum Gasteiger partial charge on any atom is -0.378 e. The van der Waals surface area contributed by atoms with Crippen molar-refractivity contribution in [2.75, 3.05) is 37.5 Å². The molecule has 0 radical (unpaired) electrons. The Morgan fingerprint density at radius 3 is 2.71 bits per heavy atom. The number of carbonyl (C=O) groups excluding carboxylic acids is 1. The molecule has 1 aliphatic rings. The molecule has 28 heavy (non-hydrogen) atoms. The van der Waals surface area contributed by atoms with Gasteiger partial charge in [0.05, 0.1) is 12.6 Å². The Morgan fingerprint density at radius 2 is 2.04 bits per heavy atom. The fourth-order valence-corrected chi connectivity index (χ4v) is 2.87. The zero-order valence-electron chi connectivity index (χ0n) is 16.1. The molecule has 1 amide bonds. The quantitative estimate of drug-likeness (QED) is 0.613. The average molecular weight is 384 g/mol. The molecule has 0 spiro atoms. The van der Waals surface area contributed by atoms with Crippen molar-refractivity contribution in [2.24, 2.45) is 4.99 Å². The molecule has 1 fully saturated rings. The van der Waals surface area contributed by atoms with Crippen LogP contribution in [0, 0.1) is 5.82 Å². The lowest BCUT2D eigenvalue weighted by atomic mass is 10.2. The van der Waals surface area contributed by atoms with E-state index in [1.807, 2.05) is 37.2 Å². The molecular weight excluding hydrogens is 359 g/mol. The van der Waals surface area contributed by atoms with Crippen LogP contribution in [0.1, 0.15) is 23.2 Å². The summed E-state index contributed by atoms with van der Waals surface area (Å²) in [6.07, 6.45) is 2.02.